The summed E-state index contributed by atoms with van der Waals surface area (Å²) in [6.07, 6.45) is 2.34. The molecule has 0 unspecified atom stereocenters. The minimum absolute atomic E-state index is 0.126. The molecule has 0 spiro atoms. The second-order valence-electron chi connectivity index (χ2n) is 8.05. The van der Waals surface area contributed by atoms with Crippen LogP contribution >= 0.6 is 0 Å². The predicted octanol–water partition coefficient (Wildman–Crippen LogP) is 5.81. The van der Waals surface area contributed by atoms with E-state index in [9.17, 15) is 9.59 Å². The molecule has 1 amide bonds. The second-order valence-corrected chi connectivity index (χ2v) is 8.05. The van der Waals surface area contributed by atoms with Crippen molar-refractivity contribution in [2.45, 2.75) is 13.0 Å². The molecule has 5 nitrogen and oxygen atoms in total. The molecule has 1 heterocycles. The van der Waals surface area contributed by atoms with E-state index in [1.165, 1.54) is 0 Å². The predicted molar refractivity (Wildman–Crippen MR) is 128 cm³/mol. The summed E-state index contributed by atoms with van der Waals surface area (Å²) in [6.45, 7) is 0.435. The first kappa shape index (κ1) is 20.5. The fourth-order valence-electron chi connectivity index (χ4n) is 3.96. The van der Waals surface area contributed by atoms with Crippen molar-refractivity contribution in [2.75, 3.05) is 0 Å². The van der Waals surface area contributed by atoms with Gasteiger partial charge in [-0.3, -0.25) is 4.79 Å². The maximum atomic E-state index is 12.8. The molecule has 0 aliphatic heterocycles. The van der Waals surface area contributed by atoms with Gasteiger partial charge in [0.05, 0.1) is 11.8 Å². The fourth-order valence-corrected chi connectivity index (χ4v) is 3.96. The van der Waals surface area contributed by atoms with Crippen LogP contribution in [0.2, 0.25) is 0 Å². The van der Waals surface area contributed by atoms with Crippen LogP contribution in [0.15, 0.2) is 95.6 Å². The number of hydrogen-bond acceptors (Lipinski definition) is 3. The van der Waals surface area contributed by atoms with Crippen LogP contribution in [-0.2, 0) is 13.0 Å². The number of nitrogens with one attached hydrogen (secondary N) is 1. The molecular formula is C28H21NO4. The number of furan rings is 1. The Kier molecular flexibility index (Phi) is 5.37. The van der Waals surface area contributed by atoms with E-state index in [-0.39, 0.29) is 11.5 Å². The third kappa shape index (κ3) is 4.48. The molecular weight excluding hydrogens is 414 g/mol. The summed E-state index contributed by atoms with van der Waals surface area (Å²) in [5.41, 5.74) is 4.84. The highest BCUT2D eigenvalue weighted by molar-refractivity contribution is 5.98. The molecule has 5 aromatic rings. The van der Waals surface area contributed by atoms with Crippen molar-refractivity contribution in [2.24, 2.45) is 0 Å². The lowest BCUT2D eigenvalue weighted by Gasteiger charge is -2.08. The number of benzene rings is 4. The van der Waals surface area contributed by atoms with Crippen LogP contribution < -0.4 is 5.32 Å². The van der Waals surface area contributed by atoms with Gasteiger partial charge >= 0.3 is 5.97 Å². The number of aromatic carboxylic acids is 1. The van der Waals surface area contributed by atoms with Crippen LogP contribution in [0.1, 0.15) is 37.4 Å². The van der Waals surface area contributed by atoms with Gasteiger partial charge in [-0.05, 0) is 76.3 Å². The summed E-state index contributed by atoms with van der Waals surface area (Å²) in [4.78, 5) is 23.8. The lowest BCUT2D eigenvalue weighted by atomic mass is 9.99. The Bertz CT molecular complexity index is 1480. The summed E-state index contributed by atoms with van der Waals surface area (Å²) in [5.74, 6) is -1.06. The van der Waals surface area contributed by atoms with Crippen molar-refractivity contribution in [3.05, 3.63) is 119 Å². The molecule has 0 saturated carbocycles. The molecule has 0 bridgehead atoms. The zero-order valence-corrected chi connectivity index (χ0v) is 17.7. The standard InChI is InChI=1S/C28H21NO4/c30-27(29-17-20-4-10-26-23(15-20)11-12-33-26)24-9-8-21-5-3-19(14-25(21)16-24)13-18-1-6-22(7-2-18)28(31)32/h1-12,14-16H,13,17H2,(H,29,30)(H,31,32). The van der Waals surface area contributed by atoms with Crippen LogP contribution in [0.4, 0.5) is 0 Å². The van der Waals surface area contributed by atoms with E-state index in [0.717, 1.165) is 38.4 Å². The highest BCUT2D eigenvalue weighted by Crippen LogP contribution is 2.21. The molecule has 0 aliphatic rings. The van der Waals surface area contributed by atoms with Gasteiger partial charge in [-0.1, -0.05) is 42.5 Å². The van der Waals surface area contributed by atoms with Gasteiger partial charge < -0.3 is 14.8 Å². The molecule has 0 atom stereocenters. The SMILES string of the molecule is O=C(O)c1ccc(Cc2ccc3ccc(C(=O)NCc4ccc5occc5c4)cc3c2)cc1. The number of carboxylic acid groups (broad SMARTS) is 1. The Balaban J connectivity index is 1.31. The quantitative estimate of drug-likeness (QED) is 0.353. The Morgan fingerprint density at radius 3 is 2.21 bits per heavy atom. The van der Waals surface area contributed by atoms with E-state index in [1.807, 2.05) is 60.7 Å². The maximum absolute atomic E-state index is 12.8. The van der Waals surface area contributed by atoms with Crippen LogP contribution in [-0.4, -0.2) is 17.0 Å². The van der Waals surface area contributed by atoms with E-state index in [4.69, 9.17) is 9.52 Å². The molecule has 162 valence electrons. The summed E-state index contributed by atoms with van der Waals surface area (Å²) >= 11 is 0. The van der Waals surface area contributed by atoms with Gasteiger partial charge in [-0.15, -0.1) is 0 Å². The summed E-state index contributed by atoms with van der Waals surface area (Å²) < 4.78 is 5.36. The first-order chi connectivity index (χ1) is 16.0. The summed E-state index contributed by atoms with van der Waals surface area (Å²) in [6, 6.07) is 26.5. The molecule has 33 heavy (non-hydrogen) atoms. The van der Waals surface area contributed by atoms with Gasteiger partial charge in [-0.25, -0.2) is 4.79 Å². The number of carboxylic acids is 1. The Morgan fingerprint density at radius 2 is 1.39 bits per heavy atom. The molecule has 0 saturated heterocycles. The Hall–Kier alpha value is -4.38. The van der Waals surface area contributed by atoms with Gasteiger partial charge in [0, 0.05) is 17.5 Å². The molecule has 4 aromatic carbocycles. The van der Waals surface area contributed by atoms with Crippen molar-refractivity contribution < 1.29 is 19.1 Å². The molecule has 0 aliphatic carbocycles. The van der Waals surface area contributed by atoms with E-state index >= 15 is 0 Å². The van der Waals surface area contributed by atoms with E-state index in [1.54, 1.807) is 18.4 Å². The monoisotopic (exact) mass is 435 g/mol. The second kappa shape index (κ2) is 8.63. The van der Waals surface area contributed by atoms with Gasteiger partial charge in [0.15, 0.2) is 0 Å². The van der Waals surface area contributed by atoms with Crippen molar-refractivity contribution in [1.29, 1.82) is 0 Å². The van der Waals surface area contributed by atoms with E-state index in [0.29, 0.717) is 18.5 Å². The molecule has 0 fully saturated rings. The van der Waals surface area contributed by atoms with Gasteiger partial charge in [0.2, 0.25) is 0 Å². The number of amides is 1. The van der Waals surface area contributed by atoms with Crippen LogP contribution in [0.25, 0.3) is 21.7 Å². The molecule has 5 heteroatoms. The maximum Gasteiger partial charge on any atom is 0.335 e. The van der Waals surface area contributed by atoms with E-state index < -0.39 is 5.97 Å². The van der Waals surface area contributed by atoms with Crippen molar-refractivity contribution >= 4 is 33.6 Å². The average molecular weight is 435 g/mol. The zero-order chi connectivity index (χ0) is 22.8. The van der Waals surface area contributed by atoms with Crippen molar-refractivity contribution in [1.82, 2.24) is 5.32 Å². The number of carbonyl (C=O) groups excluding carboxylic acids is 1. The summed E-state index contributed by atoms with van der Waals surface area (Å²) in [5, 5.41) is 15.1. The minimum atomic E-state index is -0.930. The van der Waals surface area contributed by atoms with Gasteiger partial charge in [-0.2, -0.15) is 0 Å². The molecule has 2 N–H and O–H groups in total. The average Bonchev–Trinajstić information content (AvgIpc) is 3.30. The topological polar surface area (TPSA) is 79.5 Å². The van der Waals surface area contributed by atoms with Gasteiger partial charge in [0.1, 0.15) is 5.58 Å². The number of carbonyl (C=O) groups is 2. The van der Waals surface area contributed by atoms with Gasteiger partial charge in [0.25, 0.3) is 5.91 Å². The van der Waals surface area contributed by atoms with Crippen molar-refractivity contribution in [3.8, 4) is 0 Å². The largest absolute Gasteiger partial charge is 0.478 e. The minimum Gasteiger partial charge on any atom is -0.478 e. The number of hydrogen-bond donors (Lipinski definition) is 2. The van der Waals surface area contributed by atoms with Crippen molar-refractivity contribution in [3.63, 3.8) is 0 Å². The highest BCUT2D eigenvalue weighted by Gasteiger charge is 2.08. The molecule has 5 rings (SSSR count). The third-order valence-corrected chi connectivity index (χ3v) is 5.75. The smallest absolute Gasteiger partial charge is 0.335 e. The highest BCUT2D eigenvalue weighted by atomic mass is 16.4. The summed E-state index contributed by atoms with van der Waals surface area (Å²) in [7, 11) is 0. The Morgan fingerprint density at radius 1 is 0.697 bits per heavy atom. The lowest BCUT2D eigenvalue weighted by Crippen LogP contribution is -2.22. The Labute approximate surface area is 190 Å². The normalized spacial score (nSPS) is 11.0. The number of fused-ring (bicyclic) bond motifs is 2. The first-order valence-electron chi connectivity index (χ1n) is 10.6. The zero-order valence-electron chi connectivity index (χ0n) is 17.7. The molecule has 1 aromatic heterocycles. The molecule has 0 radical (unpaired) electrons. The van der Waals surface area contributed by atoms with Crippen LogP contribution in [0.5, 0.6) is 0 Å². The lowest BCUT2D eigenvalue weighted by molar-refractivity contribution is 0.0696. The third-order valence-electron chi connectivity index (χ3n) is 5.75. The number of rotatable bonds is 6. The first-order valence-corrected chi connectivity index (χ1v) is 10.6. The van der Waals surface area contributed by atoms with Crippen LogP contribution in [0.3, 0.4) is 0 Å². The van der Waals surface area contributed by atoms with E-state index in [2.05, 4.69) is 17.4 Å². The van der Waals surface area contributed by atoms with Crippen LogP contribution in [0, 0.1) is 0 Å². The fraction of sp³-hybridized carbons (Fsp3) is 0.0714.